The molecule has 12 heteroatoms. The van der Waals surface area contributed by atoms with Crippen LogP contribution in [0.1, 0.15) is 42.4 Å². The van der Waals surface area contributed by atoms with Gasteiger partial charge in [-0.1, -0.05) is 19.1 Å². The third kappa shape index (κ3) is 5.00. The molecule has 6 rings (SSSR count). The average Bonchev–Trinajstić information content (AvgIpc) is 3.23. The van der Waals surface area contributed by atoms with E-state index < -0.39 is 17.3 Å². The first-order chi connectivity index (χ1) is 19.7. The van der Waals surface area contributed by atoms with E-state index in [1.54, 1.807) is 53.3 Å². The zero-order chi connectivity index (χ0) is 30.0. The first-order valence-electron chi connectivity index (χ1n) is 13.5. The van der Waals surface area contributed by atoms with E-state index in [4.69, 9.17) is 10.5 Å². The summed E-state index contributed by atoms with van der Waals surface area (Å²) in [7, 11) is 1.72. The maximum atomic E-state index is 13.4. The quantitative estimate of drug-likeness (QED) is 0.354. The number of benzene rings is 1. The molecule has 2 aliphatic rings. The van der Waals surface area contributed by atoms with Crippen LogP contribution in [-0.2, 0) is 18.8 Å². The number of rotatable bonds is 6. The number of nitrogens with zero attached hydrogens (tertiary/aromatic N) is 6. The molecule has 1 aliphatic heterocycles. The summed E-state index contributed by atoms with van der Waals surface area (Å²) < 4.78 is 47.2. The van der Waals surface area contributed by atoms with Crippen LogP contribution in [0, 0.1) is 11.3 Å². The number of hydrogen-bond donors (Lipinski definition) is 1. The Kier molecular flexibility index (Phi) is 6.37. The molecule has 4 heterocycles. The largest absolute Gasteiger partial charge is 0.473 e. The molecule has 3 atom stereocenters. The van der Waals surface area contributed by atoms with Gasteiger partial charge in [-0.3, -0.25) is 9.48 Å². The van der Waals surface area contributed by atoms with Crippen molar-refractivity contribution in [2.75, 3.05) is 13.1 Å². The highest BCUT2D eigenvalue weighted by molar-refractivity contribution is 5.94. The van der Waals surface area contributed by atoms with Gasteiger partial charge >= 0.3 is 6.18 Å². The van der Waals surface area contributed by atoms with Crippen molar-refractivity contribution in [3.05, 3.63) is 77.7 Å². The van der Waals surface area contributed by atoms with Gasteiger partial charge in [0.25, 0.3) is 5.91 Å². The van der Waals surface area contributed by atoms with Crippen LogP contribution in [0.2, 0.25) is 0 Å². The van der Waals surface area contributed by atoms with E-state index in [1.165, 1.54) is 12.1 Å². The van der Waals surface area contributed by atoms with E-state index in [1.807, 2.05) is 13.8 Å². The predicted molar refractivity (Wildman–Crippen MR) is 148 cm³/mol. The van der Waals surface area contributed by atoms with Crippen LogP contribution >= 0.6 is 0 Å². The van der Waals surface area contributed by atoms with Gasteiger partial charge in [0.15, 0.2) is 5.82 Å². The molecule has 1 amide bonds. The molecule has 218 valence electrons. The number of piperidine rings is 1. The molecule has 42 heavy (non-hydrogen) atoms. The van der Waals surface area contributed by atoms with Crippen molar-refractivity contribution in [1.29, 1.82) is 0 Å². The van der Waals surface area contributed by atoms with Gasteiger partial charge in [0.1, 0.15) is 17.5 Å². The van der Waals surface area contributed by atoms with Gasteiger partial charge in [0.2, 0.25) is 5.88 Å². The highest BCUT2D eigenvalue weighted by Gasteiger charge is 2.69. The molecule has 1 saturated heterocycles. The van der Waals surface area contributed by atoms with E-state index >= 15 is 0 Å². The lowest BCUT2D eigenvalue weighted by atomic mass is 9.94. The maximum absolute atomic E-state index is 13.4. The molecule has 1 saturated carbocycles. The van der Waals surface area contributed by atoms with Crippen molar-refractivity contribution >= 4 is 5.91 Å². The number of amides is 1. The third-order valence-corrected chi connectivity index (χ3v) is 8.18. The summed E-state index contributed by atoms with van der Waals surface area (Å²) in [6.45, 7) is 6.77. The Morgan fingerprint density at radius 2 is 1.74 bits per heavy atom. The van der Waals surface area contributed by atoms with Gasteiger partial charge in [0.05, 0.1) is 11.3 Å². The van der Waals surface area contributed by atoms with Gasteiger partial charge in [0, 0.05) is 67.1 Å². The number of likely N-dealkylation sites (tertiary alicyclic amines) is 1. The monoisotopic (exact) mass is 577 g/mol. The number of hydrogen-bond acceptors (Lipinski definition) is 7. The molecule has 0 bridgehead atoms. The van der Waals surface area contributed by atoms with Crippen molar-refractivity contribution in [3.63, 3.8) is 0 Å². The Labute approximate surface area is 240 Å². The molecule has 4 aromatic rings. The van der Waals surface area contributed by atoms with E-state index in [0.29, 0.717) is 47.4 Å². The first kappa shape index (κ1) is 27.8. The van der Waals surface area contributed by atoms with Crippen LogP contribution in [0.4, 0.5) is 13.2 Å². The summed E-state index contributed by atoms with van der Waals surface area (Å²) in [5.41, 5.74) is 7.35. The number of carbonyl (C=O) groups is 1. The van der Waals surface area contributed by atoms with E-state index in [9.17, 15) is 18.0 Å². The number of aryl methyl sites for hydroxylation is 1. The number of carbonyl (C=O) groups excluding carboxylic acids is 1. The third-order valence-electron chi connectivity index (χ3n) is 8.18. The van der Waals surface area contributed by atoms with Crippen molar-refractivity contribution in [2.45, 2.75) is 38.6 Å². The fourth-order valence-corrected chi connectivity index (χ4v) is 5.63. The second-order valence-corrected chi connectivity index (χ2v) is 11.8. The number of fused-ring (bicyclic) bond motifs is 1. The minimum atomic E-state index is -4.43. The highest BCUT2D eigenvalue weighted by atomic mass is 19.4. The molecular formula is C30H30F3N7O2. The minimum absolute atomic E-state index is 0.0949. The van der Waals surface area contributed by atoms with Gasteiger partial charge in [-0.05, 0) is 43.7 Å². The van der Waals surface area contributed by atoms with Crippen LogP contribution in [0.25, 0.3) is 22.8 Å². The normalized spacial score (nSPS) is 21.8. The standard InChI is InChI=1S/C30H30F3N7O2/c1-28(2,34)19-12-21(17-6-8-18(9-7-17)30(31,32)33)37-24(13-19)42-25-20-15-40(16-29(20,25)3)27(41)23-14-22(38-39(23)4)26-35-10-5-11-36-26/h5-14,20,25H,15-16,34H2,1-4H3/t20-,25-,29-/m0/s1. The van der Waals surface area contributed by atoms with Crippen molar-refractivity contribution in [3.8, 4) is 28.7 Å². The summed E-state index contributed by atoms with van der Waals surface area (Å²) in [5.74, 6) is 0.757. The zero-order valence-electron chi connectivity index (χ0n) is 23.6. The van der Waals surface area contributed by atoms with Crippen LogP contribution in [0.5, 0.6) is 5.88 Å². The molecule has 9 nitrogen and oxygen atoms in total. The van der Waals surface area contributed by atoms with Crippen LogP contribution in [0.15, 0.2) is 60.9 Å². The maximum Gasteiger partial charge on any atom is 0.416 e. The predicted octanol–water partition coefficient (Wildman–Crippen LogP) is 4.69. The SMILES string of the molecule is Cn1nc(-c2ncccn2)cc1C(=O)N1C[C@H]2[C@H](Oc3cc(C(C)(C)N)cc(-c4ccc(C(F)(F)F)cc4)n3)[C@@]2(C)C1. The van der Waals surface area contributed by atoms with E-state index in [0.717, 1.165) is 17.7 Å². The number of ether oxygens (including phenoxy) is 1. The smallest absolute Gasteiger partial charge is 0.416 e. The summed E-state index contributed by atoms with van der Waals surface area (Å²) >= 11 is 0. The number of halogens is 3. The number of alkyl halides is 3. The second kappa shape index (κ2) is 9.62. The summed E-state index contributed by atoms with van der Waals surface area (Å²) in [6.07, 6.45) is -1.35. The molecule has 1 aromatic carbocycles. The number of nitrogens with two attached hydrogens (primary N) is 1. The van der Waals surface area contributed by atoms with Crippen LogP contribution in [0.3, 0.4) is 0 Å². The molecule has 3 aromatic heterocycles. The fraction of sp³-hybridized carbons (Fsp3) is 0.367. The molecule has 1 aliphatic carbocycles. The van der Waals surface area contributed by atoms with Crippen molar-refractivity contribution in [1.82, 2.24) is 29.6 Å². The van der Waals surface area contributed by atoms with Gasteiger partial charge < -0.3 is 15.4 Å². The fourth-order valence-electron chi connectivity index (χ4n) is 5.63. The van der Waals surface area contributed by atoms with Gasteiger partial charge in [-0.25, -0.2) is 15.0 Å². The number of pyridine rings is 1. The molecule has 2 N–H and O–H groups in total. The Morgan fingerprint density at radius 1 is 1.05 bits per heavy atom. The molecular weight excluding hydrogens is 547 g/mol. The molecule has 0 radical (unpaired) electrons. The van der Waals surface area contributed by atoms with Crippen LogP contribution in [-0.4, -0.2) is 54.7 Å². The summed E-state index contributed by atoms with van der Waals surface area (Å²) in [5, 5.41) is 4.41. The Balaban J connectivity index is 1.19. The van der Waals surface area contributed by atoms with Gasteiger partial charge in [-0.2, -0.15) is 18.3 Å². The molecule has 2 fully saturated rings. The van der Waals surface area contributed by atoms with Gasteiger partial charge in [-0.15, -0.1) is 0 Å². The van der Waals surface area contributed by atoms with Crippen molar-refractivity contribution in [2.24, 2.45) is 24.1 Å². The lowest BCUT2D eigenvalue weighted by Gasteiger charge is -2.24. The lowest BCUT2D eigenvalue weighted by Crippen LogP contribution is -2.36. The first-order valence-corrected chi connectivity index (χ1v) is 13.5. The van der Waals surface area contributed by atoms with Crippen LogP contribution < -0.4 is 10.5 Å². The van der Waals surface area contributed by atoms with E-state index in [2.05, 4.69) is 27.0 Å². The summed E-state index contributed by atoms with van der Waals surface area (Å²) in [6, 6.07) is 11.8. The lowest BCUT2D eigenvalue weighted by molar-refractivity contribution is -0.137. The Morgan fingerprint density at radius 3 is 2.33 bits per heavy atom. The minimum Gasteiger partial charge on any atom is -0.473 e. The molecule has 0 unspecified atom stereocenters. The second-order valence-electron chi connectivity index (χ2n) is 11.8. The van der Waals surface area contributed by atoms with E-state index in [-0.39, 0.29) is 23.3 Å². The molecule has 0 spiro atoms. The topological polar surface area (TPSA) is 112 Å². The number of aromatic nitrogens is 5. The summed E-state index contributed by atoms with van der Waals surface area (Å²) in [4.78, 5) is 28.3. The Hall–Kier alpha value is -4.32. The van der Waals surface area contributed by atoms with Crippen molar-refractivity contribution < 1.29 is 22.7 Å². The average molecular weight is 578 g/mol. The Bertz CT molecular complexity index is 1650. The highest BCUT2D eigenvalue weighted by Crippen LogP contribution is 2.59. The zero-order valence-corrected chi connectivity index (χ0v) is 23.6.